The van der Waals surface area contributed by atoms with E-state index < -0.39 is 0 Å². The minimum atomic E-state index is 0. The maximum Gasteiger partial charge on any atom is 0.236 e. The molecule has 7 nitrogen and oxygen atoms in total. The van der Waals surface area contributed by atoms with Crippen LogP contribution in [0.15, 0.2) is 0 Å². The summed E-state index contributed by atoms with van der Waals surface area (Å²) in [7, 11) is 0. The van der Waals surface area contributed by atoms with Crippen molar-refractivity contribution in [3.63, 3.8) is 0 Å². The standard InChI is InChI=1S/C17H30N4O3.2ClH/c22-16(12-15-14-24-11-4-18-15)21-8-3-5-19(9-10-21)13-17(23)20-6-1-2-7-20;;/h15,18H,1-14H2;2*1H. The minimum absolute atomic E-state index is 0. The predicted octanol–water partition coefficient (Wildman–Crippen LogP) is 0.365. The van der Waals surface area contributed by atoms with Gasteiger partial charge in [-0.25, -0.2) is 0 Å². The number of ether oxygens (including phenoxy) is 1. The van der Waals surface area contributed by atoms with Crippen molar-refractivity contribution < 1.29 is 14.3 Å². The molecule has 152 valence electrons. The van der Waals surface area contributed by atoms with Crippen molar-refractivity contribution in [3.05, 3.63) is 0 Å². The van der Waals surface area contributed by atoms with E-state index in [4.69, 9.17) is 4.74 Å². The summed E-state index contributed by atoms with van der Waals surface area (Å²) < 4.78 is 5.42. The second-order valence-corrected chi connectivity index (χ2v) is 7.03. The topological polar surface area (TPSA) is 65.1 Å². The number of hydrogen-bond donors (Lipinski definition) is 1. The lowest BCUT2D eigenvalue weighted by Crippen LogP contribution is -2.46. The highest BCUT2D eigenvalue weighted by Crippen LogP contribution is 2.11. The van der Waals surface area contributed by atoms with E-state index in [1.165, 1.54) is 0 Å². The van der Waals surface area contributed by atoms with E-state index in [0.29, 0.717) is 19.6 Å². The lowest BCUT2D eigenvalue weighted by atomic mass is 10.1. The average molecular weight is 411 g/mol. The van der Waals surface area contributed by atoms with E-state index in [1.54, 1.807) is 0 Å². The van der Waals surface area contributed by atoms with Crippen LogP contribution in [0.5, 0.6) is 0 Å². The lowest BCUT2D eigenvalue weighted by molar-refractivity contribution is -0.132. The molecule has 0 aromatic rings. The zero-order valence-electron chi connectivity index (χ0n) is 15.4. The van der Waals surface area contributed by atoms with Crippen LogP contribution < -0.4 is 5.32 Å². The SMILES string of the molecule is Cl.Cl.O=C(CC1COCCN1)N1CCCN(CC(=O)N2CCCC2)CC1. The van der Waals surface area contributed by atoms with Gasteiger partial charge in [0, 0.05) is 58.3 Å². The Morgan fingerprint density at radius 3 is 2.27 bits per heavy atom. The Balaban J connectivity index is 0.00000169. The third-order valence-electron chi connectivity index (χ3n) is 5.18. The molecule has 0 aromatic heterocycles. The van der Waals surface area contributed by atoms with E-state index in [-0.39, 0.29) is 42.7 Å². The number of nitrogens with one attached hydrogen (secondary N) is 1. The number of carbonyl (C=O) groups is 2. The summed E-state index contributed by atoms with van der Waals surface area (Å²) in [5, 5.41) is 3.34. The Labute approximate surface area is 168 Å². The van der Waals surface area contributed by atoms with Crippen LogP contribution in [0.25, 0.3) is 0 Å². The van der Waals surface area contributed by atoms with Gasteiger partial charge in [0.05, 0.1) is 19.8 Å². The number of halogens is 2. The number of rotatable bonds is 4. The van der Waals surface area contributed by atoms with E-state index in [2.05, 4.69) is 10.2 Å². The molecule has 0 saturated carbocycles. The molecule has 3 saturated heterocycles. The van der Waals surface area contributed by atoms with Crippen LogP contribution in [0.1, 0.15) is 25.7 Å². The molecule has 3 heterocycles. The predicted molar refractivity (Wildman–Crippen MR) is 105 cm³/mol. The Kier molecular flexibility index (Phi) is 10.8. The zero-order chi connectivity index (χ0) is 16.8. The Morgan fingerprint density at radius 1 is 0.885 bits per heavy atom. The molecule has 3 fully saturated rings. The van der Waals surface area contributed by atoms with Crippen LogP contribution in [0.3, 0.4) is 0 Å². The van der Waals surface area contributed by atoms with Crippen LogP contribution >= 0.6 is 24.8 Å². The molecule has 0 bridgehead atoms. The molecule has 0 aromatic carbocycles. The normalized spacial score (nSPS) is 24.4. The van der Waals surface area contributed by atoms with Crippen molar-refractivity contribution in [3.8, 4) is 0 Å². The maximum atomic E-state index is 12.5. The summed E-state index contributed by atoms with van der Waals surface area (Å²) in [4.78, 5) is 30.9. The molecule has 0 radical (unpaired) electrons. The van der Waals surface area contributed by atoms with Gasteiger partial charge >= 0.3 is 0 Å². The third-order valence-corrected chi connectivity index (χ3v) is 5.18. The molecule has 1 atom stereocenters. The molecule has 3 rings (SSSR count). The molecule has 2 amide bonds. The lowest BCUT2D eigenvalue weighted by Gasteiger charge is -2.27. The van der Waals surface area contributed by atoms with Gasteiger partial charge in [0.15, 0.2) is 0 Å². The van der Waals surface area contributed by atoms with Crippen molar-refractivity contribution in [2.45, 2.75) is 31.7 Å². The monoisotopic (exact) mass is 410 g/mol. The van der Waals surface area contributed by atoms with E-state index in [9.17, 15) is 9.59 Å². The molecule has 1 N–H and O–H groups in total. The molecule has 1 unspecified atom stereocenters. The van der Waals surface area contributed by atoms with Gasteiger partial charge in [0.1, 0.15) is 0 Å². The van der Waals surface area contributed by atoms with Crippen molar-refractivity contribution in [2.75, 3.05) is 65.6 Å². The Bertz CT molecular complexity index is 444. The number of morpholine rings is 1. The zero-order valence-corrected chi connectivity index (χ0v) is 17.0. The van der Waals surface area contributed by atoms with Gasteiger partial charge < -0.3 is 19.9 Å². The van der Waals surface area contributed by atoms with E-state index >= 15 is 0 Å². The summed E-state index contributed by atoms with van der Waals surface area (Å²) in [5.41, 5.74) is 0. The van der Waals surface area contributed by atoms with Crippen LogP contribution in [0, 0.1) is 0 Å². The van der Waals surface area contributed by atoms with Gasteiger partial charge in [-0.1, -0.05) is 0 Å². The van der Waals surface area contributed by atoms with Crippen LogP contribution in [0.2, 0.25) is 0 Å². The maximum absolute atomic E-state index is 12.5. The fourth-order valence-electron chi connectivity index (χ4n) is 3.73. The van der Waals surface area contributed by atoms with Gasteiger partial charge in [-0.15, -0.1) is 24.8 Å². The molecule has 3 aliphatic rings. The molecular weight excluding hydrogens is 379 g/mol. The molecule has 3 aliphatic heterocycles. The van der Waals surface area contributed by atoms with Gasteiger partial charge in [0.25, 0.3) is 0 Å². The van der Waals surface area contributed by atoms with Crippen molar-refractivity contribution in [1.29, 1.82) is 0 Å². The van der Waals surface area contributed by atoms with Crippen LogP contribution in [-0.4, -0.2) is 98.1 Å². The summed E-state index contributed by atoms with van der Waals surface area (Å²) in [5.74, 6) is 0.446. The number of likely N-dealkylation sites (tertiary alicyclic amines) is 1. The molecule has 9 heteroatoms. The first-order chi connectivity index (χ1) is 11.7. The smallest absolute Gasteiger partial charge is 0.236 e. The number of nitrogens with zero attached hydrogens (tertiary/aromatic N) is 3. The summed E-state index contributed by atoms with van der Waals surface area (Å²) in [6.45, 7) is 7.70. The first kappa shape index (κ1) is 23.4. The van der Waals surface area contributed by atoms with Gasteiger partial charge in [-0.2, -0.15) is 0 Å². The first-order valence-electron chi connectivity index (χ1n) is 9.31. The van der Waals surface area contributed by atoms with Gasteiger partial charge in [-0.3, -0.25) is 14.5 Å². The van der Waals surface area contributed by atoms with Crippen molar-refractivity contribution in [1.82, 2.24) is 20.0 Å². The minimum Gasteiger partial charge on any atom is -0.378 e. The van der Waals surface area contributed by atoms with Gasteiger partial charge in [0.2, 0.25) is 11.8 Å². The number of hydrogen-bond acceptors (Lipinski definition) is 5. The summed E-state index contributed by atoms with van der Waals surface area (Å²) in [6, 6.07) is 0.141. The average Bonchev–Trinajstić information content (AvgIpc) is 3.03. The number of amides is 2. The van der Waals surface area contributed by atoms with Crippen LogP contribution in [-0.2, 0) is 14.3 Å². The van der Waals surface area contributed by atoms with Gasteiger partial charge in [-0.05, 0) is 19.3 Å². The van der Waals surface area contributed by atoms with Crippen LogP contribution in [0.4, 0.5) is 0 Å². The Hall–Kier alpha value is -0.600. The van der Waals surface area contributed by atoms with E-state index in [1.807, 2.05) is 9.80 Å². The summed E-state index contributed by atoms with van der Waals surface area (Å²) in [6.07, 6.45) is 3.71. The molecular formula is C17H32Cl2N4O3. The fraction of sp³-hybridized carbons (Fsp3) is 0.882. The first-order valence-corrected chi connectivity index (χ1v) is 9.31. The number of carbonyl (C=O) groups excluding carboxylic acids is 2. The molecule has 0 aliphatic carbocycles. The highest BCUT2D eigenvalue weighted by molar-refractivity contribution is 5.85. The second kappa shape index (κ2) is 12.0. The highest BCUT2D eigenvalue weighted by atomic mass is 35.5. The summed E-state index contributed by atoms with van der Waals surface area (Å²) >= 11 is 0. The second-order valence-electron chi connectivity index (χ2n) is 7.03. The van der Waals surface area contributed by atoms with Crippen molar-refractivity contribution >= 4 is 36.6 Å². The highest BCUT2D eigenvalue weighted by Gasteiger charge is 2.25. The van der Waals surface area contributed by atoms with E-state index in [0.717, 1.165) is 71.7 Å². The largest absolute Gasteiger partial charge is 0.378 e. The Morgan fingerprint density at radius 2 is 1.58 bits per heavy atom. The fourth-order valence-corrected chi connectivity index (χ4v) is 3.73. The van der Waals surface area contributed by atoms with Crippen molar-refractivity contribution in [2.24, 2.45) is 0 Å². The molecule has 0 spiro atoms. The molecule has 26 heavy (non-hydrogen) atoms. The quantitative estimate of drug-likeness (QED) is 0.724. The third kappa shape index (κ3) is 6.85.